The first-order valence-electron chi connectivity index (χ1n) is 10.2. The quantitative estimate of drug-likeness (QED) is 0.695. The molecule has 1 unspecified atom stereocenters. The zero-order chi connectivity index (χ0) is 20.4. The molecule has 1 saturated heterocycles. The van der Waals surface area contributed by atoms with Crippen molar-refractivity contribution in [1.29, 1.82) is 0 Å². The number of hydrogen-bond acceptors (Lipinski definition) is 4. The second-order valence-corrected chi connectivity index (χ2v) is 8.86. The minimum Gasteiger partial charge on any atom is -0.341 e. The standard InChI is InChI=1S/C22H26N4O2S/c1-15(2)19(21(28)25-10-4-3-5-11-25)24-20(27)16-8-9-17-18(14-16)29-22(23-17)26-12-6-7-13-26/h6-9,12-15,19H,3-5,10-11H2,1-2H3,(H,24,27). The number of rotatable bonds is 5. The summed E-state index contributed by atoms with van der Waals surface area (Å²) in [6.45, 7) is 5.52. The van der Waals surface area contributed by atoms with Crippen molar-refractivity contribution >= 4 is 33.4 Å². The number of thiazole rings is 1. The predicted molar refractivity (Wildman–Crippen MR) is 115 cm³/mol. The highest BCUT2D eigenvalue weighted by molar-refractivity contribution is 7.20. The molecule has 2 amide bonds. The molecule has 1 atom stereocenters. The summed E-state index contributed by atoms with van der Waals surface area (Å²) in [5.41, 5.74) is 1.41. The fourth-order valence-corrected chi connectivity index (χ4v) is 4.65. The summed E-state index contributed by atoms with van der Waals surface area (Å²) in [7, 11) is 0. The van der Waals surface area contributed by atoms with Crippen LogP contribution in [0.1, 0.15) is 43.5 Å². The van der Waals surface area contributed by atoms with Crippen LogP contribution in [0.15, 0.2) is 42.7 Å². The summed E-state index contributed by atoms with van der Waals surface area (Å²) in [5, 5.41) is 3.84. The second-order valence-electron chi connectivity index (χ2n) is 7.85. The molecule has 1 fully saturated rings. The van der Waals surface area contributed by atoms with Crippen molar-refractivity contribution in [3.8, 4) is 5.13 Å². The molecule has 0 spiro atoms. The van der Waals surface area contributed by atoms with Gasteiger partial charge in [-0.05, 0) is 55.5 Å². The van der Waals surface area contributed by atoms with Gasteiger partial charge in [0.2, 0.25) is 5.91 Å². The second kappa shape index (κ2) is 8.37. The molecule has 29 heavy (non-hydrogen) atoms. The molecule has 0 aliphatic carbocycles. The van der Waals surface area contributed by atoms with Crippen LogP contribution in [0, 0.1) is 5.92 Å². The molecule has 6 nitrogen and oxygen atoms in total. The lowest BCUT2D eigenvalue weighted by Gasteiger charge is -2.32. The van der Waals surface area contributed by atoms with E-state index in [1.54, 1.807) is 6.07 Å². The first-order valence-corrected chi connectivity index (χ1v) is 11.0. The van der Waals surface area contributed by atoms with Crippen molar-refractivity contribution in [1.82, 2.24) is 19.8 Å². The van der Waals surface area contributed by atoms with Crippen LogP contribution in [-0.4, -0.2) is 45.4 Å². The Morgan fingerprint density at radius 1 is 1.10 bits per heavy atom. The number of amides is 2. The number of likely N-dealkylation sites (tertiary alicyclic amines) is 1. The number of carbonyl (C=O) groups excluding carboxylic acids is 2. The smallest absolute Gasteiger partial charge is 0.251 e. The van der Waals surface area contributed by atoms with Gasteiger partial charge in [-0.2, -0.15) is 0 Å². The molecule has 0 radical (unpaired) electrons. The predicted octanol–water partition coefficient (Wildman–Crippen LogP) is 3.85. The van der Waals surface area contributed by atoms with E-state index in [9.17, 15) is 9.59 Å². The van der Waals surface area contributed by atoms with E-state index in [-0.39, 0.29) is 17.7 Å². The number of aromatic nitrogens is 2. The fraction of sp³-hybridized carbons (Fsp3) is 0.409. The third-order valence-corrected chi connectivity index (χ3v) is 6.38. The van der Waals surface area contributed by atoms with Crippen LogP contribution in [0.3, 0.4) is 0 Å². The molecule has 7 heteroatoms. The lowest BCUT2D eigenvalue weighted by Crippen LogP contribution is -2.52. The van der Waals surface area contributed by atoms with E-state index >= 15 is 0 Å². The van der Waals surface area contributed by atoms with Crippen molar-refractivity contribution in [2.75, 3.05) is 13.1 Å². The number of carbonyl (C=O) groups is 2. The summed E-state index contributed by atoms with van der Waals surface area (Å²) < 4.78 is 2.90. The molecule has 1 aromatic carbocycles. The van der Waals surface area contributed by atoms with Crippen molar-refractivity contribution in [2.45, 2.75) is 39.2 Å². The van der Waals surface area contributed by atoms with E-state index in [2.05, 4.69) is 10.3 Å². The first kappa shape index (κ1) is 19.6. The summed E-state index contributed by atoms with van der Waals surface area (Å²) in [6, 6.07) is 8.91. The molecular weight excluding hydrogens is 384 g/mol. The van der Waals surface area contributed by atoms with Crippen LogP contribution in [0.4, 0.5) is 0 Å². The number of hydrogen-bond donors (Lipinski definition) is 1. The third kappa shape index (κ3) is 4.19. The van der Waals surface area contributed by atoms with E-state index in [1.165, 1.54) is 17.8 Å². The van der Waals surface area contributed by atoms with E-state index in [0.717, 1.165) is 41.3 Å². The van der Waals surface area contributed by atoms with E-state index in [1.807, 2.05) is 60.0 Å². The van der Waals surface area contributed by atoms with Crippen LogP contribution in [0.2, 0.25) is 0 Å². The van der Waals surface area contributed by atoms with Gasteiger partial charge in [-0.15, -0.1) is 0 Å². The minimum atomic E-state index is -0.506. The average molecular weight is 411 g/mol. The molecule has 4 rings (SSSR count). The van der Waals surface area contributed by atoms with Crippen molar-refractivity contribution in [3.63, 3.8) is 0 Å². The molecular formula is C22H26N4O2S. The molecule has 3 aromatic rings. The highest BCUT2D eigenvalue weighted by Crippen LogP contribution is 2.26. The number of nitrogens with one attached hydrogen (secondary N) is 1. The Morgan fingerprint density at radius 2 is 1.83 bits per heavy atom. The zero-order valence-corrected chi connectivity index (χ0v) is 17.6. The van der Waals surface area contributed by atoms with Crippen LogP contribution in [0.25, 0.3) is 15.3 Å². The molecule has 3 heterocycles. The maximum Gasteiger partial charge on any atom is 0.251 e. The normalized spacial score (nSPS) is 15.6. The van der Waals surface area contributed by atoms with E-state index < -0.39 is 6.04 Å². The van der Waals surface area contributed by atoms with Crippen molar-refractivity contribution in [3.05, 3.63) is 48.3 Å². The van der Waals surface area contributed by atoms with Crippen LogP contribution < -0.4 is 5.32 Å². The topological polar surface area (TPSA) is 67.2 Å². The Labute approximate surface area is 174 Å². The summed E-state index contributed by atoms with van der Waals surface area (Å²) in [4.78, 5) is 32.4. The number of nitrogens with zero attached hydrogens (tertiary/aromatic N) is 3. The lowest BCUT2D eigenvalue weighted by molar-refractivity contribution is -0.135. The Balaban J connectivity index is 1.52. The highest BCUT2D eigenvalue weighted by atomic mass is 32.1. The monoisotopic (exact) mass is 410 g/mol. The van der Waals surface area contributed by atoms with Crippen molar-refractivity contribution in [2.24, 2.45) is 5.92 Å². The van der Waals surface area contributed by atoms with Gasteiger partial charge < -0.3 is 14.8 Å². The lowest BCUT2D eigenvalue weighted by atomic mass is 10.0. The maximum atomic E-state index is 13.0. The van der Waals surface area contributed by atoms with Gasteiger partial charge in [0.1, 0.15) is 6.04 Å². The van der Waals surface area contributed by atoms with Gasteiger partial charge in [0.05, 0.1) is 10.2 Å². The highest BCUT2D eigenvalue weighted by Gasteiger charge is 2.29. The Morgan fingerprint density at radius 3 is 2.52 bits per heavy atom. The number of piperidine rings is 1. The molecule has 0 saturated carbocycles. The van der Waals surface area contributed by atoms with Crippen LogP contribution >= 0.6 is 11.3 Å². The SMILES string of the molecule is CC(C)C(NC(=O)c1ccc2nc(-n3cccc3)sc2c1)C(=O)N1CCCCC1. The van der Waals surface area contributed by atoms with Gasteiger partial charge in [0.15, 0.2) is 5.13 Å². The van der Waals surface area contributed by atoms with Gasteiger partial charge in [0.25, 0.3) is 5.91 Å². The maximum absolute atomic E-state index is 13.0. The summed E-state index contributed by atoms with van der Waals surface area (Å²) >= 11 is 1.54. The average Bonchev–Trinajstić information content (AvgIpc) is 3.40. The van der Waals surface area contributed by atoms with Crippen LogP contribution in [0.5, 0.6) is 0 Å². The number of fused-ring (bicyclic) bond motifs is 1. The molecule has 0 bridgehead atoms. The minimum absolute atomic E-state index is 0.0286. The Bertz CT molecular complexity index is 1000. The Hall–Kier alpha value is -2.67. The Kier molecular flexibility index (Phi) is 5.67. The summed E-state index contributed by atoms with van der Waals surface area (Å²) in [6.07, 6.45) is 7.14. The molecule has 1 aliphatic heterocycles. The molecule has 1 N–H and O–H groups in total. The number of benzene rings is 1. The molecule has 2 aromatic heterocycles. The van der Waals surface area contributed by atoms with Gasteiger partial charge in [0, 0.05) is 31.0 Å². The third-order valence-electron chi connectivity index (χ3n) is 5.35. The largest absolute Gasteiger partial charge is 0.341 e. The zero-order valence-electron chi connectivity index (χ0n) is 16.8. The van der Waals surface area contributed by atoms with Gasteiger partial charge >= 0.3 is 0 Å². The van der Waals surface area contributed by atoms with E-state index in [0.29, 0.717) is 5.56 Å². The first-order chi connectivity index (χ1) is 14.0. The van der Waals surface area contributed by atoms with Crippen LogP contribution in [-0.2, 0) is 4.79 Å². The van der Waals surface area contributed by atoms with Gasteiger partial charge in [-0.1, -0.05) is 25.2 Å². The fourth-order valence-electron chi connectivity index (χ4n) is 3.68. The van der Waals surface area contributed by atoms with Crippen molar-refractivity contribution < 1.29 is 9.59 Å². The summed E-state index contributed by atoms with van der Waals surface area (Å²) in [5.74, 6) is -0.158. The molecule has 152 valence electrons. The van der Waals surface area contributed by atoms with E-state index in [4.69, 9.17) is 0 Å². The van der Waals surface area contributed by atoms with Gasteiger partial charge in [-0.3, -0.25) is 9.59 Å². The molecule has 1 aliphatic rings. The van der Waals surface area contributed by atoms with Gasteiger partial charge in [-0.25, -0.2) is 4.98 Å².